The third-order valence-electron chi connectivity index (χ3n) is 3.96. The summed E-state index contributed by atoms with van der Waals surface area (Å²) in [5, 5.41) is 1.90. The number of hydrogen-bond acceptors (Lipinski definition) is 6. The summed E-state index contributed by atoms with van der Waals surface area (Å²) in [5.41, 5.74) is 2.52. The van der Waals surface area contributed by atoms with Gasteiger partial charge in [0.1, 0.15) is 0 Å². The highest BCUT2D eigenvalue weighted by Gasteiger charge is 2.20. The first-order chi connectivity index (χ1) is 13.4. The van der Waals surface area contributed by atoms with Crippen molar-refractivity contribution >= 4 is 23.8 Å². The zero-order valence-corrected chi connectivity index (χ0v) is 15.6. The molecule has 1 N–H and O–H groups in total. The number of benzene rings is 2. The van der Waals surface area contributed by atoms with Crippen molar-refractivity contribution in [2.45, 2.75) is 25.9 Å². The smallest absolute Gasteiger partial charge is 0.413 e. The number of amides is 2. The van der Waals surface area contributed by atoms with Crippen molar-refractivity contribution in [3.63, 3.8) is 0 Å². The molecule has 7 nitrogen and oxygen atoms in total. The number of carbonyl (C=O) groups is 4. The molecule has 28 heavy (non-hydrogen) atoms. The number of hydrogen-bond donors (Lipinski definition) is 1. The van der Waals surface area contributed by atoms with Crippen LogP contribution in [0.5, 0.6) is 0 Å². The maximum absolute atomic E-state index is 12.3. The molecule has 0 saturated heterocycles. The average molecular weight is 383 g/mol. The molecule has 2 rings (SSSR count). The van der Waals surface area contributed by atoms with Gasteiger partial charge in [-0.2, -0.15) is 0 Å². The van der Waals surface area contributed by atoms with Crippen LogP contribution in [0.25, 0.3) is 11.1 Å². The molecule has 2 amide bonds. The minimum absolute atomic E-state index is 0.0468. The first-order valence-electron chi connectivity index (χ1n) is 8.67. The largest absolute Gasteiger partial charge is 0.453 e. The Kier molecular flexibility index (Phi) is 7.45. The standard InChI is InChI=1S/C21H21NO6/c1-14(20(25)22-21(26)27-2)28-19(24)13-12-18(23)17-10-8-16(9-11-17)15-6-4-3-5-7-15/h3-11,14H,12-13H2,1-2H3,(H,22,25,26)/t14-/m1/s1. The lowest BCUT2D eigenvalue weighted by Gasteiger charge is -2.12. The number of ketones is 1. The minimum atomic E-state index is -1.17. The van der Waals surface area contributed by atoms with Gasteiger partial charge in [0, 0.05) is 12.0 Å². The van der Waals surface area contributed by atoms with E-state index in [0.29, 0.717) is 5.56 Å². The van der Waals surface area contributed by atoms with E-state index in [4.69, 9.17) is 4.74 Å². The van der Waals surface area contributed by atoms with Gasteiger partial charge in [-0.15, -0.1) is 0 Å². The first-order valence-corrected chi connectivity index (χ1v) is 8.67. The van der Waals surface area contributed by atoms with Gasteiger partial charge in [-0.3, -0.25) is 19.7 Å². The molecule has 146 valence electrons. The fourth-order valence-electron chi connectivity index (χ4n) is 2.40. The maximum atomic E-state index is 12.3. The Morgan fingerprint density at radius 2 is 1.50 bits per heavy atom. The van der Waals surface area contributed by atoms with Crippen molar-refractivity contribution in [1.82, 2.24) is 5.32 Å². The summed E-state index contributed by atoms with van der Waals surface area (Å²) in [7, 11) is 1.11. The van der Waals surface area contributed by atoms with Gasteiger partial charge < -0.3 is 9.47 Å². The normalized spacial score (nSPS) is 11.2. The second-order valence-corrected chi connectivity index (χ2v) is 5.98. The molecule has 0 saturated carbocycles. The molecule has 2 aromatic carbocycles. The van der Waals surface area contributed by atoms with E-state index in [1.165, 1.54) is 6.92 Å². The summed E-state index contributed by atoms with van der Waals surface area (Å²) in [6, 6.07) is 16.9. The van der Waals surface area contributed by atoms with Crippen LogP contribution in [0, 0.1) is 0 Å². The van der Waals surface area contributed by atoms with E-state index in [1.54, 1.807) is 12.1 Å². The zero-order chi connectivity index (χ0) is 20.5. The van der Waals surface area contributed by atoms with Crippen LogP contribution < -0.4 is 5.32 Å². The second-order valence-electron chi connectivity index (χ2n) is 5.98. The van der Waals surface area contributed by atoms with Crippen LogP contribution in [0.4, 0.5) is 4.79 Å². The van der Waals surface area contributed by atoms with Crippen LogP contribution in [-0.2, 0) is 19.1 Å². The Bertz CT molecular complexity index is 845. The molecule has 0 heterocycles. The Hall–Kier alpha value is -3.48. The number of methoxy groups -OCH3 is 1. The van der Waals surface area contributed by atoms with E-state index < -0.39 is 24.1 Å². The van der Waals surface area contributed by atoms with Crippen molar-refractivity contribution in [1.29, 1.82) is 0 Å². The van der Waals surface area contributed by atoms with Crippen LogP contribution in [0.1, 0.15) is 30.1 Å². The van der Waals surface area contributed by atoms with Gasteiger partial charge in [0.15, 0.2) is 11.9 Å². The number of Topliss-reactive ketones (excluding diaryl/α,β-unsaturated/α-hetero) is 1. The van der Waals surface area contributed by atoms with E-state index >= 15 is 0 Å². The Labute approximate surface area is 162 Å². The highest BCUT2D eigenvalue weighted by molar-refractivity contribution is 5.98. The highest BCUT2D eigenvalue weighted by atomic mass is 16.6. The Morgan fingerprint density at radius 3 is 2.11 bits per heavy atom. The Morgan fingerprint density at radius 1 is 0.893 bits per heavy atom. The first kappa shape index (κ1) is 20.8. The molecule has 0 bridgehead atoms. The van der Waals surface area contributed by atoms with Gasteiger partial charge in [-0.05, 0) is 18.1 Å². The molecule has 7 heteroatoms. The van der Waals surface area contributed by atoms with Crippen LogP contribution in [-0.4, -0.2) is 37.0 Å². The number of esters is 1. The van der Waals surface area contributed by atoms with Crippen molar-refractivity contribution in [3.8, 4) is 11.1 Å². The molecule has 0 aliphatic carbocycles. The summed E-state index contributed by atoms with van der Waals surface area (Å²) in [6.45, 7) is 1.32. The van der Waals surface area contributed by atoms with E-state index in [1.807, 2.05) is 47.8 Å². The van der Waals surface area contributed by atoms with Gasteiger partial charge in [-0.25, -0.2) is 4.79 Å². The summed E-state index contributed by atoms with van der Waals surface area (Å²) in [5.74, 6) is -1.71. The number of carbonyl (C=O) groups excluding carboxylic acids is 4. The summed E-state index contributed by atoms with van der Waals surface area (Å²) in [4.78, 5) is 46.6. The number of alkyl carbamates (subject to hydrolysis) is 1. The van der Waals surface area contributed by atoms with Gasteiger partial charge in [-0.1, -0.05) is 54.6 Å². The topological polar surface area (TPSA) is 98.8 Å². The number of nitrogens with one attached hydrogen (secondary N) is 1. The molecule has 0 aliphatic rings. The molecule has 0 aromatic heterocycles. The van der Waals surface area contributed by atoms with Crippen LogP contribution in [0.3, 0.4) is 0 Å². The third kappa shape index (κ3) is 6.05. The quantitative estimate of drug-likeness (QED) is 0.583. The zero-order valence-electron chi connectivity index (χ0n) is 15.6. The molecule has 0 radical (unpaired) electrons. The molecule has 0 unspecified atom stereocenters. The predicted molar refractivity (Wildman–Crippen MR) is 102 cm³/mol. The van der Waals surface area contributed by atoms with Crippen molar-refractivity contribution in [3.05, 3.63) is 60.2 Å². The fraction of sp³-hybridized carbons (Fsp3) is 0.238. The SMILES string of the molecule is COC(=O)NC(=O)[C@@H](C)OC(=O)CCC(=O)c1ccc(-c2ccccc2)cc1. The summed E-state index contributed by atoms with van der Waals surface area (Å²) >= 11 is 0. The Balaban J connectivity index is 1.83. The minimum Gasteiger partial charge on any atom is -0.453 e. The second kappa shape index (κ2) is 10.0. The van der Waals surface area contributed by atoms with Gasteiger partial charge in [0.25, 0.3) is 5.91 Å². The molecular weight excluding hydrogens is 362 g/mol. The fourth-order valence-corrected chi connectivity index (χ4v) is 2.40. The average Bonchev–Trinajstić information content (AvgIpc) is 2.72. The molecule has 2 aromatic rings. The summed E-state index contributed by atoms with van der Waals surface area (Å²) < 4.78 is 9.19. The maximum Gasteiger partial charge on any atom is 0.413 e. The predicted octanol–water partition coefficient (Wildman–Crippen LogP) is 3.13. The highest BCUT2D eigenvalue weighted by Crippen LogP contribution is 2.20. The molecule has 1 atom stereocenters. The van der Waals surface area contributed by atoms with Crippen molar-refractivity contribution in [2.24, 2.45) is 0 Å². The van der Waals surface area contributed by atoms with Gasteiger partial charge in [0.2, 0.25) is 0 Å². The molecule has 0 spiro atoms. The summed E-state index contributed by atoms with van der Waals surface area (Å²) in [6.07, 6.45) is -2.34. The van der Waals surface area contributed by atoms with Crippen LogP contribution >= 0.6 is 0 Å². The number of imide groups is 1. The van der Waals surface area contributed by atoms with E-state index in [0.717, 1.165) is 18.2 Å². The van der Waals surface area contributed by atoms with Crippen LogP contribution in [0.15, 0.2) is 54.6 Å². The number of rotatable bonds is 7. The van der Waals surface area contributed by atoms with E-state index in [2.05, 4.69) is 4.74 Å². The lowest BCUT2D eigenvalue weighted by molar-refractivity contribution is -0.154. The monoisotopic (exact) mass is 383 g/mol. The van der Waals surface area contributed by atoms with E-state index in [9.17, 15) is 19.2 Å². The number of ether oxygens (including phenoxy) is 2. The lowest BCUT2D eigenvalue weighted by Crippen LogP contribution is -2.39. The van der Waals surface area contributed by atoms with Crippen LogP contribution in [0.2, 0.25) is 0 Å². The lowest BCUT2D eigenvalue weighted by atomic mass is 10.0. The molecular formula is C21H21NO6. The molecule has 0 fully saturated rings. The van der Waals surface area contributed by atoms with Gasteiger partial charge >= 0.3 is 12.1 Å². The van der Waals surface area contributed by atoms with Crippen molar-refractivity contribution < 1.29 is 28.7 Å². The third-order valence-corrected chi connectivity index (χ3v) is 3.96. The van der Waals surface area contributed by atoms with Crippen molar-refractivity contribution in [2.75, 3.05) is 7.11 Å². The molecule has 0 aliphatic heterocycles. The van der Waals surface area contributed by atoms with E-state index in [-0.39, 0.29) is 18.6 Å². The van der Waals surface area contributed by atoms with Gasteiger partial charge in [0.05, 0.1) is 13.5 Å².